The smallest absolute Gasteiger partial charge is 0.409 e. The summed E-state index contributed by atoms with van der Waals surface area (Å²) in [5, 5.41) is 4.04. The van der Waals surface area contributed by atoms with Crippen LogP contribution in [0, 0.1) is 27.7 Å². The second-order valence-corrected chi connectivity index (χ2v) is 26.5. The van der Waals surface area contributed by atoms with Gasteiger partial charge in [-0.1, -0.05) is 261 Å². The van der Waals surface area contributed by atoms with Gasteiger partial charge in [0.05, 0.1) is 0 Å². The minimum absolute atomic E-state index is 0.200. The molecule has 11 aromatic carbocycles. The highest BCUT2D eigenvalue weighted by atomic mass is 31.2. The number of fused-ring (bicyclic) bond motifs is 2. The summed E-state index contributed by atoms with van der Waals surface area (Å²) in [6.45, 7) is 37.7. The van der Waals surface area contributed by atoms with Gasteiger partial charge in [-0.2, -0.15) is 0 Å². The minimum atomic E-state index is -2.11. The van der Waals surface area contributed by atoms with Crippen molar-refractivity contribution in [3.05, 3.63) is 281 Å². The molecule has 12 heteroatoms. The molecule has 0 aliphatic carbocycles. The van der Waals surface area contributed by atoms with E-state index in [0.29, 0.717) is 28.7 Å². The van der Waals surface area contributed by atoms with Gasteiger partial charge in [-0.15, -0.1) is 0 Å². The molecule has 11 aromatic rings. The van der Waals surface area contributed by atoms with E-state index in [1.54, 1.807) is 0 Å². The van der Waals surface area contributed by atoms with Crippen LogP contribution in [0.15, 0.2) is 237 Å². The van der Waals surface area contributed by atoms with Gasteiger partial charge in [0.15, 0.2) is 0 Å². The van der Waals surface area contributed by atoms with Gasteiger partial charge in [-0.05, 0) is 190 Å². The maximum absolute atomic E-state index is 7.28. The first-order chi connectivity index (χ1) is 46.5. The molecule has 11 rings (SSSR count). The summed E-state index contributed by atoms with van der Waals surface area (Å²) in [5.41, 5.74) is 10.3. The van der Waals surface area contributed by atoms with Gasteiger partial charge in [-0.25, -0.2) is 0 Å². The van der Waals surface area contributed by atoms with Crippen LogP contribution in [0.25, 0.3) is 32.7 Å². The molecule has 0 N–H and O–H groups in total. The van der Waals surface area contributed by atoms with Crippen molar-refractivity contribution in [2.45, 2.75) is 148 Å². The van der Waals surface area contributed by atoms with Crippen molar-refractivity contribution >= 4 is 47.4 Å². The van der Waals surface area contributed by atoms with Crippen LogP contribution in [-0.4, -0.2) is 0 Å². The van der Waals surface area contributed by atoms with E-state index < -0.39 is 25.8 Å². The maximum Gasteiger partial charge on any atom is 0.530 e. The molecular formula is C84H97O9P3. The predicted octanol–water partition coefficient (Wildman–Crippen LogP) is 27.4. The van der Waals surface area contributed by atoms with E-state index in [1.807, 2.05) is 145 Å². The summed E-state index contributed by atoms with van der Waals surface area (Å²) in [6, 6.07) is 78.9. The van der Waals surface area contributed by atoms with Crippen LogP contribution in [0.1, 0.15) is 165 Å². The first kappa shape index (κ1) is 74.8. The number of hydrogen-bond donors (Lipinski definition) is 0. The quantitative estimate of drug-likeness (QED) is 0.0582. The third-order valence-corrected chi connectivity index (χ3v) is 18.2. The summed E-state index contributed by atoms with van der Waals surface area (Å²) in [5.74, 6) is 7.02. The molecule has 0 aromatic heterocycles. The molecule has 0 atom stereocenters. The molecule has 0 aliphatic rings. The maximum atomic E-state index is 7.28. The van der Waals surface area contributed by atoms with E-state index in [9.17, 15) is 0 Å². The van der Waals surface area contributed by atoms with Crippen LogP contribution in [0.2, 0.25) is 0 Å². The Labute approximate surface area is 577 Å². The number of hydrogen-bond acceptors (Lipinski definition) is 9. The molecule has 0 heterocycles. The van der Waals surface area contributed by atoms with Crippen LogP contribution in [-0.2, 0) is 0 Å². The van der Waals surface area contributed by atoms with E-state index >= 15 is 0 Å². The Kier molecular flexibility index (Phi) is 29.3. The second kappa shape index (κ2) is 37.7. The minimum Gasteiger partial charge on any atom is -0.409 e. The van der Waals surface area contributed by atoms with Crippen molar-refractivity contribution in [3.63, 3.8) is 0 Å². The lowest BCUT2D eigenvalue weighted by molar-refractivity contribution is 0.381. The standard InChI is InChI=1S/C60H64O6P2.C18H15O3P.3C2H6/c1-37(2)47-27-21-41(9)33-55(47)63-67(64-56-34-42(10)22-28-48(56)38(3)4)61-53-31-25-45-17-13-15-19-51(45)59(53)60-52-20-16-14-18-46(52)26-32-54(60)62-68(65-57-35-43(11)23-29-49(57)39(5)6)66-58-36-44(12)24-30-50(58)40(7)8;1-4-10-16(11-5-1)19-22(20-17-12-6-2-7-13-17)21-18-14-8-3-9-15-18;3*1-2/h13-40H,1-12H3;1-15H;3*1-2H3. The summed E-state index contributed by atoms with van der Waals surface area (Å²) >= 11 is 0. The Morgan fingerprint density at radius 1 is 0.229 bits per heavy atom. The first-order valence-corrected chi connectivity index (χ1v) is 37.0. The average molecular weight is 1340 g/mol. The molecule has 0 amide bonds. The van der Waals surface area contributed by atoms with Crippen LogP contribution >= 0.6 is 25.8 Å². The molecule has 0 radical (unpaired) electrons. The lowest BCUT2D eigenvalue weighted by Gasteiger charge is -2.26. The Hall–Kier alpha value is -8.57. The van der Waals surface area contributed by atoms with Crippen LogP contribution < -0.4 is 40.7 Å². The number of benzene rings is 11. The molecule has 0 saturated heterocycles. The first-order valence-electron chi connectivity index (χ1n) is 33.7. The monoisotopic (exact) mass is 1340 g/mol. The fourth-order valence-corrected chi connectivity index (χ4v) is 13.4. The van der Waals surface area contributed by atoms with Crippen LogP contribution in [0.3, 0.4) is 0 Å². The number of para-hydroxylation sites is 3. The zero-order valence-electron chi connectivity index (χ0n) is 59.3. The number of rotatable bonds is 23. The Morgan fingerprint density at radius 2 is 0.458 bits per heavy atom. The third kappa shape index (κ3) is 20.7. The summed E-state index contributed by atoms with van der Waals surface area (Å²) in [4.78, 5) is 0. The molecule has 9 nitrogen and oxygen atoms in total. The zero-order valence-corrected chi connectivity index (χ0v) is 62.0. The van der Waals surface area contributed by atoms with Gasteiger partial charge in [0.25, 0.3) is 0 Å². The summed E-state index contributed by atoms with van der Waals surface area (Å²) in [6.07, 6.45) is 0. The average Bonchev–Trinajstić information content (AvgIpc) is 0.751. The Morgan fingerprint density at radius 3 is 0.719 bits per heavy atom. The van der Waals surface area contributed by atoms with E-state index in [4.69, 9.17) is 40.7 Å². The van der Waals surface area contributed by atoms with Crippen LogP contribution in [0.4, 0.5) is 0 Å². The number of aryl methyl sites for hydroxylation is 4. The van der Waals surface area contributed by atoms with Gasteiger partial charge < -0.3 is 40.7 Å². The molecule has 0 fully saturated rings. The van der Waals surface area contributed by atoms with Crippen molar-refractivity contribution in [1.29, 1.82) is 0 Å². The Balaban J connectivity index is 0.000000387. The normalized spacial score (nSPS) is 10.8. The highest BCUT2D eigenvalue weighted by Gasteiger charge is 2.31. The molecule has 0 unspecified atom stereocenters. The molecule has 0 aliphatic heterocycles. The summed E-state index contributed by atoms with van der Waals surface area (Å²) < 4.78 is 60.2. The molecule has 0 saturated carbocycles. The van der Waals surface area contributed by atoms with Gasteiger partial charge in [0.1, 0.15) is 51.7 Å². The topological polar surface area (TPSA) is 83.1 Å². The van der Waals surface area contributed by atoms with Gasteiger partial charge >= 0.3 is 25.8 Å². The van der Waals surface area contributed by atoms with E-state index in [2.05, 4.69) is 217 Å². The van der Waals surface area contributed by atoms with Gasteiger partial charge in [0, 0.05) is 11.1 Å². The van der Waals surface area contributed by atoms with Crippen molar-refractivity contribution in [2.75, 3.05) is 0 Å². The summed E-state index contributed by atoms with van der Waals surface area (Å²) in [7, 11) is -5.80. The van der Waals surface area contributed by atoms with E-state index in [-0.39, 0.29) is 23.7 Å². The highest BCUT2D eigenvalue weighted by molar-refractivity contribution is 7.43. The fourth-order valence-electron chi connectivity index (χ4n) is 10.3. The van der Waals surface area contributed by atoms with Crippen LogP contribution in [0.5, 0.6) is 51.7 Å². The van der Waals surface area contributed by atoms with E-state index in [0.717, 1.165) is 100 Å². The van der Waals surface area contributed by atoms with Gasteiger partial charge in [0.2, 0.25) is 0 Å². The van der Waals surface area contributed by atoms with Crippen molar-refractivity contribution in [2.24, 2.45) is 0 Å². The highest BCUT2D eigenvalue weighted by Crippen LogP contribution is 2.55. The zero-order chi connectivity index (χ0) is 69.3. The Bertz CT molecular complexity index is 3740. The second-order valence-electron chi connectivity index (χ2n) is 23.5. The fraction of sp³-hybridized carbons (Fsp3) is 0.262. The molecule has 0 bridgehead atoms. The van der Waals surface area contributed by atoms with Gasteiger partial charge in [-0.3, -0.25) is 0 Å². The van der Waals surface area contributed by atoms with Crippen molar-refractivity contribution in [3.8, 4) is 62.9 Å². The molecule has 0 spiro atoms. The molecule has 502 valence electrons. The predicted molar refractivity (Wildman–Crippen MR) is 408 cm³/mol. The van der Waals surface area contributed by atoms with Crippen molar-refractivity contribution < 1.29 is 40.7 Å². The lowest BCUT2D eigenvalue weighted by Crippen LogP contribution is -2.08. The van der Waals surface area contributed by atoms with E-state index in [1.165, 1.54) is 0 Å². The lowest BCUT2D eigenvalue weighted by atomic mass is 9.92. The molecular weight excluding hydrogens is 1250 g/mol. The third-order valence-electron chi connectivity index (χ3n) is 15.0. The van der Waals surface area contributed by atoms with Crippen molar-refractivity contribution in [1.82, 2.24) is 0 Å². The SMILES string of the molecule is CC.CC.CC.Cc1ccc(C(C)C)c(OP(Oc2cc(C)ccc2C(C)C)Oc2ccc3ccccc3c2-c2c(OP(Oc3cc(C)ccc3C(C)C)Oc3cc(C)ccc3C(C)C)ccc3ccccc23)c1.c1ccc(OP(Oc2ccccc2)Oc2ccccc2)cc1. The largest absolute Gasteiger partial charge is 0.530 e. The molecule has 96 heavy (non-hydrogen) atoms.